The molecule has 2 N–H and O–H groups in total. The molecule has 0 heterocycles. The number of thioether (sulfide) groups is 1. The van der Waals surface area contributed by atoms with E-state index in [2.05, 4.69) is 5.32 Å². The molecular formula is C10H17NO4S. The second-order valence-electron chi connectivity index (χ2n) is 3.88. The Morgan fingerprint density at radius 2 is 1.88 bits per heavy atom. The fraction of sp³-hybridized carbons (Fsp3) is 0.700. The van der Waals surface area contributed by atoms with Gasteiger partial charge < -0.3 is 10.4 Å². The zero-order valence-electron chi connectivity index (χ0n) is 9.65. The standard InChI is InChI=1S/C10H17NO4S/c1-6(2)4-8(11-7(3)12)10(15)16-5-9(13)14/h6,8H,4-5H2,1-3H3,(H,11,12)(H,13,14)/t8-/m0/s1. The summed E-state index contributed by atoms with van der Waals surface area (Å²) < 4.78 is 0. The van der Waals surface area contributed by atoms with Gasteiger partial charge in [0.25, 0.3) is 0 Å². The maximum absolute atomic E-state index is 11.6. The average molecular weight is 247 g/mol. The molecule has 16 heavy (non-hydrogen) atoms. The number of nitrogens with one attached hydrogen (secondary N) is 1. The van der Waals surface area contributed by atoms with Gasteiger partial charge in [-0.3, -0.25) is 14.4 Å². The number of hydrogen-bond acceptors (Lipinski definition) is 4. The molecular weight excluding hydrogens is 230 g/mol. The van der Waals surface area contributed by atoms with E-state index in [0.29, 0.717) is 6.42 Å². The third-order valence-corrected chi connectivity index (χ3v) is 2.67. The average Bonchev–Trinajstić information content (AvgIpc) is 2.11. The normalized spacial score (nSPS) is 12.2. The lowest BCUT2D eigenvalue weighted by Crippen LogP contribution is -2.39. The zero-order valence-corrected chi connectivity index (χ0v) is 10.5. The Balaban J connectivity index is 4.31. The molecule has 0 aromatic carbocycles. The van der Waals surface area contributed by atoms with Crippen molar-refractivity contribution in [3.8, 4) is 0 Å². The summed E-state index contributed by atoms with van der Waals surface area (Å²) in [5.74, 6) is -1.34. The van der Waals surface area contributed by atoms with Crippen LogP contribution in [0.2, 0.25) is 0 Å². The van der Waals surface area contributed by atoms with Crippen LogP contribution in [0.25, 0.3) is 0 Å². The molecule has 0 bridgehead atoms. The molecule has 1 atom stereocenters. The van der Waals surface area contributed by atoms with Crippen molar-refractivity contribution in [3.63, 3.8) is 0 Å². The lowest BCUT2D eigenvalue weighted by Gasteiger charge is -2.17. The highest BCUT2D eigenvalue weighted by Crippen LogP contribution is 2.13. The topological polar surface area (TPSA) is 83.5 Å². The Morgan fingerprint density at radius 1 is 1.31 bits per heavy atom. The van der Waals surface area contributed by atoms with Crippen molar-refractivity contribution in [2.24, 2.45) is 5.92 Å². The summed E-state index contributed by atoms with van der Waals surface area (Å²) in [6.07, 6.45) is 0.519. The SMILES string of the molecule is CC(=O)N[C@@H](CC(C)C)C(=O)SCC(=O)O. The monoisotopic (exact) mass is 247 g/mol. The van der Waals surface area contributed by atoms with Gasteiger partial charge in [-0.1, -0.05) is 25.6 Å². The molecule has 0 saturated carbocycles. The Morgan fingerprint density at radius 3 is 2.25 bits per heavy atom. The van der Waals surface area contributed by atoms with Crippen molar-refractivity contribution in [1.29, 1.82) is 0 Å². The fourth-order valence-electron chi connectivity index (χ4n) is 1.16. The highest BCUT2D eigenvalue weighted by atomic mass is 32.2. The van der Waals surface area contributed by atoms with E-state index in [0.717, 1.165) is 11.8 Å². The highest BCUT2D eigenvalue weighted by molar-refractivity contribution is 8.14. The molecule has 0 aliphatic carbocycles. The van der Waals surface area contributed by atoms with E-state index >= 15 is 0 Å². The van der Waals surface area contributed by atoms with E-state index < -0.39 is 12.0 Å². The predicted molar refractivity (Wildman–Crippen MR) is 62.2 cm³/mol. The Bertz CT molecular complexity index is 278. The first-order valence-electron chi connectivity index (χ1n) is 4.98. The van der Waals surface area contributed by atoms with E-state index in [9.17, 15) is 14.4 Å². The van der Waals surface area contributed by atoms with Gasteiger partial charge in [-0.05, 0) is 12.3 Å². The molecule has 0 spiro atoms. The Labute approximate surface area is 99.0 Å². The van der Waals surface area contributed by atoms with E-state index in [1.165, 1.54) is 6.92 Å². The largest absolute Gasteiger partial charge is 0.481 e. The summed E-state index contributed by atoms with van der Waals surface area (Å²) in [5, 5.41) is 10.7. The van der Waals surface area contributed by atoms with Crippen LogP contribution in [0.5, 0.6) is 0 Å². The van der Waals surface area contributed by atoms with Gasteiger partial charge in [0, 0.05) is 6.92 Å². The lowest BCUT2D eigenvalue weighted by atomic mass is 10.0. The molecule has 6 heteroatoms. The van der Waals surface area contributed by atoms with Gasteiger partial charge >= 0.3 is 5.97 Å². The second-order valence-corrected chi connectivity index (χ2v) is 4.86. The minimum Gasteiger partial charge on any atom is -0.481 e. The summed E-state index contributed by atoms with van der Waals surface area (Å²) in [4.78, 5) is 32.8. The highest BCUT2D eigenvalue weighted by Gasteiger charge is 2.21. The molecule has 0 rings (SSSR count). The minimum atomic E-state index is -1.04. The maximum atomic E-state index is 11.6. The smallest absolute Gasteiger partial charge is 0.313 e. The number of rotatable bonds is 6. The van der Waals surface area contributed by atoms with Crippen LogP contribution in [0.15, 0.2) is 0 Å². The van der Waals surface area contributed by atoms with Crippen LogP contribution in [-0.4, -0.2) is 33.9 Å². The van der Waals surface area contributed by atoms with Crippen LogP contribution >= 0.6 is 11.8 Å². The first kappa shape index (κ1) is 15.0. The minimum absolute atomic E-state index is 0.256. The van der Waals surface area contributed by atoms with Crippen molar-refractivity contribution >= 4 is 28.8 Å². The van der Waals surface area contributed by atoms with Crippen molar-refractivity contribution < 1.29 is 19.5 Å². The molecule has 0 fully saturated rings. The molecule has 0 aliphatic heterocycles. The number of carboxylic acid groups (broad SMARTS) is 1. The van der Waals surface area contributed by atoms with E-state index in [1.54, 1.807) is 0 Å². The van der Waals surface area contributed by atoms with Crippen LogP contribution in [0.3, 0.4) is 0 Å². The quantitative estimate of drug-likeness (QED) is 0.728. The third-order valence-electron chi connectivity index (χ3n) is 1.71. The summed E-state index contributed by atoms with van der Waals surface area (Å²) >= 11 is 0.723. The first-order valence-corrected chi connectivity index (χ1v) is 5.97. The Hall–Kier alpha value is -1.04. The molecule has 92 valence electrons. The van der Waals surface area contributed by atoms with Crippen LogP contribution < -0.4 is 5.32 Å². The van der Waals surface area contributed by atoms with Gasteiger partial charge in [0.05, 0.1) is 11.8 Å². The molecule has 0 radical (unpaired) electrons. The number of carbonyl (C=O) groups is 3. The van der Waals surface area contributed by atoms with Crippen molar-refractivity contribution in [2.45, 2.75) is 33.2 Å². The van der Waals surface area contributed by atoms with Crippen molar-refractivity contribution in [3.05, 3.63) is 0 Å². The molecule has 0 saturated heterocycles. The van der Waals surface area contributed by atoms with Crippen LogP contribution in [0.4, 0.5) is 0 Å². The van der Waals surface area contributed by atoms with Gasteiger partial charge in [0.2, 0.25) is 11.0 Å². The van der Waals surface area contributed by atoms with Crippen LogP contribution in [0, 0.1) is 5.92 Å². The summed E-state index contributed by atoms with van der Waals surface area (Å²) in [6, 6.07) is -0.596. The van der Waals surface area contributed by atoms with Crippen LogP contribution in [0.1, 0.15) is 27.2 Å². The predicted octanol–water partition coefficient (Wildman–Crippen LogP) is 0.882. The number of aliphatic carboxylic acids is 1. The number of carboxylic acids is 1. The third kappa shape index (κ3) is 7.28. The van der Waals surface area contributed by atoms with E-state index in [1.807, 2.05) is 13.8 Å². The first-order chi connectivity index (χ1) is 7.32. The molecule has 5 nitrogen and oxygen atoms in total. The van der Waals surface area contributed by atoms with E-state index in [4.69, 9.17) is 5.11 Å². The number of carbonyl (C=O) groups excluding carboxylic acids is 2. The van der Waals surface area contributed by atoms with E-state index in [-0.39, 0.29) is 22.7 Å². The van der Waals surface area contributed by atoms with Crippen molar-refractivity contribution in [2.75, 3.05) is 5.75 Å². The maximum Gasteiger partial charge on any atom is 0.313 e. The van der Waals surface area contributed by atoms with Crippen molar-refractivity contribution in [1.82, 2.24) is 5.32 Å². The molecule has 0 unspecified atom stereocenters. The zero-order chi connectivity index (χ0) is 12.7. The van der Waals surface area contributed by atoms with Gasteiger partial charge in [-0.15, -0.1) is 0 Å². The fourth-order valence-corrected chi connectivity index (χ4v) is 1.79. The molecule has 0 aromatic heterocycles. The lowest BCUT2D eigenvalue weighted by molar-refractivity contribution is -0.134. The van der Waals surface area contributed by atoms with Crippen LogP contribution in [-0.2, 0) is 14.4 Å². The van der Waals surface area contributed by atoms with Gasteiger partial charge in [-0.25, -0.2) is 0 Å². The summed E-state index contributed by atoms with van der Waals surface area (Å²) in [5.41, 5.74) is 0. The molecule has 0 aliphatic rings. The van der Waals surface area contributed by atoms with Gasteiger partial charge in [0.1, 0.15) is 0 Å². The second kappa shape index (κ2) is 7.27. The molecule has 0 aromatic rings. The van der Waals surface area contributed by atoms with Gasteiger partial charge in [-0.2, -0.15) is 0 Å². The molecule has 1 amide bonds. The number of hydrogen-bond donors (Lipinski definition) is 2. The summed E-state index contributed by atoms with van der Waals surface area (Å²) in [6.45, 7) is 5.20. The number of amides is 1. The Kier molecular flexibility index (Phi) is 6.80. The summed E-state index contributed by atoms with van der Waals surface area (Å²) in [7, 11) is 0. The van der Waals surface area contributed by atoms with Gasteiger partial charge in [0.15, 0.2) is 0 Å².